The molecule has 1 fully saturated rings. The van der Waals surface area contributed by atoms with Gasteiger partial charge in [-0.1, -0.05) is 84.5 Å². The lowest BCUT2D eigenvalue weighted by atomic mass is 9.83. The number of unbranched alkanes of at least 4 members (excludes halogenated alkanes) is 9. The van der Waals surface area contributed by atoms with Crippen molar-refractivity contribution in [2.24, 2.45) is 5.41 Å². The van der Waals surface area contributed by atoms with E-state index in [-0.39, 0.29) is 0 Å². The molecule has 1 nitrogen and oxygen atoms in total. The maximum absolute atomic E-state index is 3.74. The molecule has 1 heteroatoms. The summed E-state index contributed by atoms with van der Waals surface area (Å²) >= 11 is 0. The highest BCUT2D eigenvalue weighted by atomic mass is 14.9. The second-order valence-electron chi connectivity index (χ2n) is 7.42. The smallest absolute Gasteiger partial charge is 0.000770 e. The molecule has 1 N–H and O–H groups in total. The molecule has 0 heterocycles. The standard InChI is InChI=1S/C20H41N/c1-3-5-6-7-8-9-10-11-12-15-18-21-19-20(4-2)16-13-14-17-20/h21H,3-19H2,1-2H3. The first-order valence-electron chi connectivity index (χ1n) is 10.0. The molecule has 0 unspecified atom stereocenters. The first-order chi connectivity index (χ1) is 10.3. The average Bonchev–Trinajstić information content (AvgIpc) is 2.98. The monoisotopic (exact) mass is 295 g/mol. The summed E-state index contributed by atoms with van der Waals surface area (Å²) in [6, 6.07) is 0. The van der Waals surface area contributed by atoms with Gasteiger partial charge in [-0.2, -0.15) is 0 Å². The van der Waals surface area contributed by atoms with Crippen molar-refractivity contribution in [1.29, 1.82) is 0 Å². The van der Waals surface area contributed by atoms with Crippen molar-refractivity contribution >= 4 is 0 Å². The zero-order chi connectivity index (χ0) is 15.2. The average molecular weight is 296 g/mol. The molecule has 0 bridgehead atoms. The van der Waals surface area contributed by atoms with Crippen LogP contribution >= 0.6 is 0 Å². The van der Waals surface area contributed by atoms with E-state index in [1.54, 1.807) is 0 Å². The van der Waals surface area contributed by atoms with E-state index < -0.39 is 0 Å². The second kappa shape index (κ2) is 12.5. The molecule has 21 heavy (non-hydrogen) atoms. The Labute approximate surface area is 134 Å². The summed E-state index contributed by atoms with van der Waals surface area (Å²) in [5, 5.41) is 3.74. The fourth-order valence-electron chi connectivity index (χ4n) is 3.87. The molecular formula is C20H41N. The fourth-order valence-corrected chi connectivity index (χ4v) is 3.87. The summed E-state index contributed by atoms with van der Waals surface area (Å²) in [5.74, 6) is 0. The van der Waals surface area contributed by atoms with Crippen LogP contribution in [0.2, 0.25) is 0 Å². The largest absolute Gasteiger partial charge is 0.316 e. The molecule has 0 aromatic rings. The van der Waals surface area contributed by atoms with Gasteiger partial charge in [-0.3, -0.25) is 0 Å². The Morgan fingerprint density at radius 3 is 1.76 bits per heavy atom. The van der Waals surface area contributed by atoms with Gasteiger partial charge in [-0.05, 0) is 37.6 Å². The molecule has 0 radical (unpaired) electrons. The van der Waals surface area contributed by atoms with Crippen molar-refractivity contribution in [3.05, 3.63) is 0 Å². The lowest BCUT2D eigenvalue weighted by Crippen LogP contribution is -2.32. The molecule has 1 aliphatic rings. The summed E-state index contributed by atoms with van der Waals surface area (Å²) in [6.07, 6.45) is 21.6. The molecule has 0 saturated heterocycles. The molecule has 1 rings (SSSR count). The predicted octanol–water partition coefficient (Wildman–Crippen LogP) is 6.47. The van der Waals surface area contributed by atoms with Gasteiger partial charge >= 0.3 is 0 Å². The van der Waals surface area contributed by atoms with E-state index in [4.69, 9.17) is 0 Å². The van der Waals surface area contributed by atoms with Gasteiger partial charge in [-0.25, -0.2) is 0 Å². The Morgan fingerprint density at radius 1 is 0.714 bits per heavy atom. The molecule has 0 aliphatic heterocycles. The van der Waals surface area contributed by atoms with E-state index in [1.807, 2.05) is 0 Å². The Kier molecular flexibility index (Phi) is 11.3. The van der Waals surface area contributed by atoms with Gasteiger partial charge in [0.05, 0.1) is 0 Å². The minimum atomic E-state index is 0.665. The molecule has 0 aromatic heterocycles. The molecule has 126 valence electrons. The molecule has 0 amide bonds. The van der Waals surface area contributed by atoms with Crippen LogP contribution in [0, 0.1) is 5.41 Å². The lowest BCUT2D eigenvalue weighted by Gasteiger charge is -2.27. The summed E-state index contributed by atoms with van der Waals surface area (Å²) in [7, 11) is 0. The van der Waals surface area contributed by atoms with Crippen LogP contribution in [0.4, 0.5) is 0 Å². The first kappa shape index (κ1) is 19.0. The van der Waals surface area contributed by atoms with E-state index in [2.05, 4.69) is 19.2 Å². The van der Waals surface area contributed by atoms with Crippen molar-refractivity contribution in [1.82, 2.24) is 5.32 Å². The van der Waals surface area contributed by atoms with Crippen molar-refractivity contribution < 1.29 is 0 Å². The van der Waals surface area contributed by atoms with Crippen LogP contribution in [0.3, 0.4) is 0 Å². The summed E-state index contributed by atoms with van der Waals surface area (Å²) in [6.45, 7) is 7.20. The van der Waals surface area contributed by atoms with Crippen LogP contribution < -0.4 is 5.32 Å². The first-order valence-corrected chi connectivity index (χ1v) is 10.0. The Morgan fingerprint density at radius 2 is 1.24 bits per heavy atom. The van der Waals surface area contributed by atoms with E-state index >= 15 is 0 Å². The maximum atomic E-state index is 3.74. The quantitative estimate of drug-likeness (QED) is 0.362. The molecule has 1 saturated carbocycles. The van der Waals surface area contributed by atoms with Crippen molar-refractivity contribution in [2.45, 2.75) is 110 Å². The van der Waals surface area contributed by atoms with Crippen molar-refractivity contribution in [3.8, 4) is 0 Å². The summed E-state index contributed by atoms with van der Waals surface area (Å²) in [4.78, 5) is 0. The van der Waals surface area contributed by atoms with Gasteiger partial charge < -0.3 is 5.32 Å². The Bertz CT molecular complexity index is 218. The highest BCUT2D eigenvalue weighted by Crippen LogP contribution is 2.40. The number of nitrogens with one attached hydrogen (secondary N) is 1. The van der Waals surface area contributed by atoms with Gasteiger partial charge in [0.1, 0.15) is 0 Å². The van der Waals surface area contributed by atoms with E-state index in [0.29, 0.717) is 5.41 Å². The van der Waals surface area contributed by atoms with Crippen molar-refractivity contribution in [2.75, 3.05) is 13.1 Å². The summed E-state index contributed by atoms with van der Waals surface area (Å²) in [5.41, 5.74) is 0.665. The Balaban J connectivity index is 1.80. The SMILES string of the molecule is CCCCCCCCCCCCNCC1(CC)CCCC1. The second-order valence-corrected chi connectivity index (χ2v) is 7.42. The fraction of sp³-hybridized carbons (Fsp3) is 1.00. The molecule has 0 aromatic carbocycles. The van der Waals surface area contributed by atoms with Gasteiger partial charge in [0.15, 0.2) is 0 Å². The highest BCUT2D eigenvalue weighted by Gasteiger charge is 2.31. The van der Waals surface area contributed by atoms with Gasteiger partial charge in [0.25, 0.3) is 0 Å². The van der Waals surface area contributed by atoms with Crippen LogP contribution in [-0.2, 0) is 0 Å². The minimum absolute atomic E-state index is 0.665. The van der Waals surface area contributed by atoms with Gasteiger partial charge in [0.2, 0.25) is 0 Å². The Hall–Kier alpha value is -0.0400. The zero-order valence-electron chi connectivity index (χ0n) is 15.0. The third-order valence-electron chi connectivity index (χ3n) is 5.62. The lowest BCUT2D eigenvalue weighted by molar-refractivity contribution is 0.268. The molecule has 1 aliphatic carbocycles. The third-order valence-corrected chi connectivity index (χ3v) is 5.62. The van der Waals surface area contributed by atoms with Crippen molar-refractivity contribution in [3.63, 3.8) is 0 Å². The summed E-state index contributed by atoms with van der Waals surface area (Å²) < 4.78 is 0. The number of hydrogen-bond acceptors (Lipinski definition) is 1. The number of hydrogen-bond donors (Lipinski definition) is 1. The number of rotatable bonds is 14. The minimum Gasteiger partial charge on any atom is -0.316 e. The van der Waals surface area contributed by atoms with E-state index in [1.165, 1.54) is 109 Å². The molecular weight excluding hydrogens is 254 g/mol. The van der Waals surface area contributed by atoms with Crippen LogP contribution in [0.5, 0.6) is 0 Å². The maximum Gasteiger partial charge on any atom is 0.000770 e. The van der Waals surface area contributed by atoms with Crippen LogP contribution in [0.15, 0.2) is 0 Å². The predicted molar refractivity (Wildman–Crippen MR) is 95.9 cm³/mol. The van der Waals surface area contributed by atoms with Gasteiger partial charge in [-0.15, -0.1) is 0 Å². The zero-order valence-corrected chi connectivity index (χ0v) is 15.0. The van der Waals surface area contributed by atoms with Crippen LogP contribution in [0.25, 0.3) is 0 Å². The topological polar surface area (TPSA) is 12.0 Å². The van der Waals surface area contributed by atoms with Gasteiger partial charge in [0, 0.05) is 6.54 Å². The van der Waals surface area contributed by atoms with E-state index in [0.717, 1.165) is 0 Å². The van der Waals surface area contributed by atoms with E-state index in [9.17, 15) is 0 Å². The van der Waals surface area contributed by atoms with Crippen LogP contribution in [0.1, 0.15) is 110 Å². The van der Waals surface area contributed by atoms with Crippen LogP contribution in [-0.4, -0.2) is 13.1 Å². The molecule has 0 spiro atoms. The third kappa shape index (κ3) is 8.86. The molecule has 0 atom stereocenters. The highest BCUT2D eigenvalue weighted by molar-refractivity contribution is 4.85. The normalized spacial score (nSPS) is 17.4.